The molecule has 0 radical (unpaired) electrons. The number of benzene rings is 2. The van der Waals surface area contributed by atoms with Crippen LogP contribution in [0.4, 0.5) is 5.69 Å². The highest BCUT2D eigenvalue weighted by Gasteiger charge is 2.43. The zero-order valence-electron chi connectivity index (χ0n) is 38.6. The molecule has 2 unspecified atom stereocenters. The van der Waals surface area contributed by atoms with E-state index in [9.17, 15) is 38.9 Å². The molecule has 3 N–H and O–H groups in total. The van der Waals surface area contributed by atoms with E-state index < -0.39 is 46.9 Å². The van der Waals surface area contributed by atoms with Gasteiger partial charge < -0.3 is 38.1 Å². The van der Waals surface area contributed by atoms with E-state index in [0.29, 0.717) is 115 Å². The average molecular weight is 986 g/mol. The van der Waals surface area contributed by atoms with Crippen LogP contribution in [0.1, 0.15) is 49.8 Å². The van der Waals surface area contributed by atoms with Crippen LogP contribution in [-0.2, 0) is 74.3 Å². The summed E-state index contributed by atoms with van der Waals surface area (Å²) < 4.78 is 139. The van der Waals surface area contributed by atoms with Crippen LogP contribution in [0.3, 0.4) is 0 Å². The summed E-state index contributed by atoms with van der Waals surface area (Å²) in [5.41, 5.74) is 2.31. The molecule has 0 spiro atoms. The minimum Gasteiger partial charge on any atom is -0.383 e. The molecule has 370 valence electrons. The molecule has 0 saturated carbocycles. The second kappa shape index (κ2) is 27.4. The third-order valence-corrected chi connectivity index (χ3v) is 13.6. The number of allylic oxidation sites excluding steroid dienone is 9. The van der Waals surface area contributed by atoms with Crippen molar-refractivity contribution >= 4 is 36.0 Å². The summed E-state index contributed by atoms with van der Waals surface area (Å²) in [6.45, 7) is 15.2. The highest BCUT2D eigenvalue weighted by atomic mass is 32.2. The highest BCUT2D eigenvalue weighted by Crippen LogP contribution is 2.50. The number of hydrogen-bond donors (Lipinski definition) is 3. The summed E-state index contributed by atoms with van der Waals surface area (Å²) in [5.74, 6) is -0.504. The SMILES string of the molecule is C=C(/C=C/C=C/C=C/C=C1/N(CCOC)c2ccc(S(=O)(=O)O)cc2C1(C)CCOCCOCCOCCOCCOCCOC)C(C)(CCCS(=O)(=O)O)c1cc(S(=O)(=O)O)ccc1C. The molecule has 2 aromatic carbocycles. The number of anilines is 1. The number of aryl methyl sites for hydroxylation is 1. The quantitative estimate of drug-likeness (QED) is 0.0419. The van der Waals surface area contributed by atoms with Gasteiger partial charge in [0.1, 0.15) is 0 Å². The first-order chi connectivity index (χ1) is 31.2. The van der Waals surface area contributed by atoms with Crippen molar-refractivity contribution in [2.45, 2.75) is 60.7 Å². The van der Waals surface area contributed by atoms with Crippen molar-refractivity contribution in [3.63, 3.8) is 0 Å². The maximum Gasteiger partial charge on any atom is 0.294 e. The molecule has 0 amide bonds. The fraction of sp³-hybridized carbons (Fsp3) is 0.522. The minimum absolute atomic E-state index is 0.0499. The molecule has 1 heterocycles. The first-order valence-electron chi connectivity index (χ1n) is 21.4. The minimum atomic E-state index is -4.54. The van der Waals surface area contributed by atoms with Gasteiger partial charge in [0, 0.05) is 49.6 Å². The fourth-order valence-electron chi connectivity index (χ4n) is 7.41. The molecule has 1 aliphatic rings. The molecule has 2 aromatic rings. The zero-order valence-corrected chi connectivity index (χ0v) is 41.0. The van der Waals surface area contributed by atoms with Crippen LogP contribution in [0.2, 0.25) is 0 Å². The summed E-state index contributed by atoms with van der Waals surface area (Å²) in [6, 6.07) is 8.72. The van der Waals surface area contributed by atoms with Crippen LogP contribution in [0, 0.1) is 6.92 Å². The number of rotatable bonds is 33. The Bertz CT molecular complexity index is 2330. The average Bonchev–Trinajstić information content (AvgIpc) is 3.47. The first-order valence-corrected chi connectivity index (χ1v) is 25.9. The van der Waals surface area contributed by atoms with Crippen LogP contribution in [0.25, 0.3) is 0 Å². The summed E-state index contributed by atoms with van der Waals surface area (Å²) in [5, 5.41) is 0. The summed E-state index contributed by atoms with van der Waals surface area (Å²) in [6.07, 6.45) is 13.3. The van der Waals surface area contributed by atoms with E-state index >= 15 is 0 Å². The Morgan fingerprint density at radius 3 is 1.74 bits per heavy atom. The Hall–Kier alpha value is -3.61. The van der Waals surface area contributed by atoms with Crippen molar-refractivity contribution in [3.05, 3.63) is 113 Å². The maximum atomic E-state index is 12.3. The maximum absolute atomic E-state index is 12.3. The van der Waals surface area contributed by atoms with Crippen LogP contribution in [0.5, 0.6) is 0 Å². The van der Waals surface area contributed by atoms with Gasteiger partial charge in [-0.15, -0.1) is 0 Å². The van der Waals surface area contributed by atoms with Gasteiger partial charge in [0.2, 0.25) is 0 Å². The van der Waals surface area contributed by atoms with Crippen LogP contribution < -0.4 is 4.90 Å². The molecule has 0 saturated heterocycles. The molecule has 0 aromatic heterocycles. The Morgan fingerprint density at radius 2 is 1.20 bits per heavy atom. The Kier molecular flexibility index (Phi) is 23.5. The van der Waals surface area contributed by atoms with Crippen molar-refractivity contribution in [2.75, 3.05) is 111 Å². The van der Waals surface area contributed by atoms with Gasteiger partial charge in [-0.05, 0) is 91.8 Å². The van der Waals surface area contributed by atoms with E-state index in [4.69, 9.17) is 33.2 Å². The van der Waals surface area contributed by atoms with Gasteiger partial charge in [0.05, 0.1) is 88.2 Å². The van der Waals surface area contributed by atoms with Crippen LogP contribution >= 0.6 is 0 Å². The standard InChI is InChI=1S/C46H67NO16S3/c1-37-15-16-39(65(51,52)53)35-41(37)45(3,19-12-34-64(48,49)50)38(2)13-10-8-7-9-11-14-44-46(4,42-36-40(66(54,55)56)17-18-43(42)47(44)21-23-57-5)20-22-59-26-27-61-30-31-63-33-32-62-29-28-60-25-24-58-6/h7-11,13-18,35-36H,2,12,19-34H2,1,3-6H3,(H,48,49,50)(H,51,52,53)(H,54,55,56)/b8-7+,11-9+,13-10+,44-14+. The van der Waals surface area contributed by atoms with Crippen molar-refractivity contribution in [2.24, 2.45) is 0 Å². The Balaban J connectivity index is 1.73. The molecule has 17 nitrogen and oxygen atoms in total. The van der Waals surface area contributed by atoms with E-state index in [1.807, 2.05) is 19.1 Å². The lowest BCUT2D eigenvalue weighted by atomic mass is 9.71. The lowest BCUT2D eigenvalue weighted by Gasteiger charge is -2.33. The van der Waals surface area contributed by atoms with Gasteiger partial charge >= 0.3 is 0 Å². The Morgan fingerprint density at radius 1 is 0.697 bits per heavy atom. The zero-order chi connectivity index (χ0) is 48.9. The van der Waals surface area contributed by atoms with Gasteiger partial charge in [-0.3, -0.25) is 13.7 Å². The number of hydrogen-bond acceptors (Lipinski definition) is 14. The van der Waals surface area contributed by atoms with E-state index in [0.717, 1.165) is 11.4 Å². The molecule has 0 aliphatic carbocycles. The van der Waals surface area contributed by atoms with Crippen molar-refractivity contribution < 1.29 is 72.1 Å². The van der Waals surface area contributed by atoms with E-state index in [-0.39, 0.29) is 22.6 Å². The molecule has 20 heteroatoms. The number of methoxy groups -OCH3 is 2. The number of fused-ring (bicyclic) bond motifs is 1. The molecular formula is C46H67NO16S3. The first kappa shape index (κ1) is 56.7. The largest absolute Gasteiger partial charge is 0.383 e. The monoisotopic (exact) mass is 985 g/mol. The lowest BCUT2D eigenvalue weighted by molar-refractivity contribution is -0.0151. The van der Waals surface area contributed by atoms with Gasteiger partial charge in [-0.25, -0.2) is 0 Å². The topological polar surface area (TPSA) is 231 Å². The second-order valence-electron chi connectivity index (χ2n) is 15.8. The molecular weight excluding hydrogens is 919 g/mol. The lowest BCUT2D eigenvalue weighted by Crippen LogP contribution is -2.32. The van der Waals surface area contributed by atoms with Gasteiger partial charge in [0.25, 0.3) is 30.4 Å². The summed E-state index contributed by atoms with van der Waals surface area (Å²) in [4.78, 5) is 1.52. The van der Waals surface area contributed by atoms with E-state index in [1.54, 1.807) is 70.6 Å². The molecule has 0 fully saturated rings. The molecule has 66 heavy (non-hydrogen) atoms. The van der Waals surface area contributed by atoms with E-state index in [2.05, 4.69) is 11.5 Å². The van der Waals surface area contributed by atoms with E-state index in [1.165, 1.54) is 24.3 Å². The third kappa shape index (κ3) is 18.1. The molecule has 0 bridgehead atoms. The number of nitrogens with zero attached hydrogens (tertiary/aromatic N) is 1. The second-order valence-corrected chi connectivity index (χ2v) is 20.2. The number of ether oxygens (including phenoxy) is 7. The molecule has 1 aliphatic heterocycles. The van der Waals surface area contributed by atoms with Gasteiger partial charge in [0.15, 0.2) is 0 Å². The van der Waals surface area contributed by atoms with Crippen LogP contribution in [-0.4, -0.2) is 145 Å². The summed E-state index contributed by atoms with van der Waals surface area (Å²) in [7, 11) is -10.1. The predicted molar refractivity (Wildman–Crippen MR) is 252 cm³/mol. The normalized spacial score (nSPS) is 17.5. The van der Waals surface area contributed by atoms with Gasteiger partial charge in [-0.1, -0.05) is 56.0 Å². The predicted octanol–water partition coefficient (Wildman–Crippen LogP) is 6.07. The third-order valence-electron chi connectivity index (χ3n) is 11.1. The summed E-state index contributed by atoms with van der Waals surface area (Å²) >= 11 is 0. The van der Waals surface area contributed by atoms with Crippen molar-refractivity contribution in [1.82, 2.24) is 0 Å². The fourth-order valence-corrected chi connectivity index (χ4v) is 8.93. The van der Waals surface area contributed by atoms with Crippen molar-refractivity contribution in [1.29, 1.82) is 0 Å². The molecule has 2 atom stereocenters. The molecule has 3 rings (SSSR count). The van der Waals surface area contributed by atoms with Gasteiger partial charge in [-0.2, -0.15) is 25.3 Å². The van der Waals surface area contributed by atoms with Crippen molar-refractivity contribution in [3.8, 4) is 0 Å². The van der Waals surface area contributed by atoms with Crippen LogP contribution in [0.15, 0.2) is 107 Å². The Labute approximate surface area is 391 Å². The highest BCUT2D eigenvalue weighted by molar-refractivity contribution is 7.86. The smallest absolute Gasteiger partial charge is 0.294 e.